The molecule has 1 atom stereocenters. The van der Waals surface area contributed by atoms with Gasteiger partial charge in [0.05, 0.1) is 5.60 Å². The second-order valence-corrected chi connectivity index (χ2v) is 7.02. The highest BCUT2D eigenvalue weighted by Crippen LogP contribution is 2.25. The smallest absolute Gasteiger partial charge is 0.321 e. The van der Waals surface area contributed by atoms with Crippen molar-refractivity contribution in [1.82, 2.24) is 4.90 Å². The summed E-state index contributed by atoms with van der Waals surface area (Å²) in [4.78, 5) is 26.2. The third-order valence-corrected chi connectivity index (χ3v) is 4.77. The first-order chi connectivity index (χ1) is 11.3. The molecule has 1 aliphatic heterocycles. The molecule has 1 N–H and O–H groups in total. The van der Waals surface area contributed by atoms with Crippen molar-refractivity contribution >= 4 is 17.5 Å². The molecule has 1 fully saturated rings. The van der Waals surface area contributed by atoms with E-state index < -0.39 is 0 Å². The Morgan fingerprint density at radius 2 is 1.83 bits per heavy atom. The third-order valence-electron chi connectivity index (χ3n) is 4.77. The summed E-state index contributed by atoms with van der Waals surface area (Å²) in [6.07, 6.45) is 2.72. The molecule has 0 aromatic heterocycles. The second kappa shape index (κ2) is 7.79. The number of hydrogen-bond donors (Lipinski definition) is 1. The molecule has 1 aromatic carbocycles. The quantitative estimate of drug-likeness (QED) is 0.849. The minimum absolute atomic E-state index is 0.0300. The molecule has 132 valence electrons. The van der Waals surface area contributed by atoms with Gasteiger partial charge in [-0.3, -0.25) is 4.79 Å². The van der Waals surface area contributed by atoms with Crippen LogP contribution in [-0.4, -0.2) is 42.5 Å². The number of amides is 2. The minimum Gasteiger partial charge on any atom is -0.378 e. The Morgan fingerprint density at radius 3 is 2.42 bits per heavy atom. The zero-order chi connectivity index (χ0) is 17.7. The van der Waals surface area contributed by atoms with Crippen molar-refractivity contribution in [3.63, 3.8) is 0 Å². The van der Waals surface area contributed by atoms with Crippen LogP contribution in [-0.2, 0) is 4.74 Å². The fourth-order valence-electron chi connectivity index (χ4n) is 2.91. The largest absolute Gasteiger partial charge is 0.378 e. The minimum atomic E-state index is -0.145. The van der Waals surface area contributed by atoms with Gasteiger partial charge >= 0.3 is 6.03 Å². The highest BCUT2D eigenvalue weighted by atomic mass is 16.5. The van der Waals surface area contributed by atoms with Gasteiger partial charge in [-0.2, -0.15) is 0 Å². The van der Waals surface area contributed by atoms with Crippen LogP contribution >= 0.6 is 0 Å². The van der Waals surface area contributed by atoms with E-state index >= 15 is 0 Å². The van der Waals surface area contributed by atoms with Crippen LogP contribution in [0.2, 0.25) is 0 Å². The van der Waals surface area contributed by atoms with Crippen molar-refractivity contribution in [3.8, 4) is 0 Å². The molecule has 0 bridgehead atoms. The molecule has 5 heteroatoms. The first kappa shape index (κ1) is 18.5. The lowest BCUT2D eigenvalue weighted by atomic mass is 9.97. The molecule has 2 amide bonds. The Hall–Kier alpha value is -1.88. The number of ether oxygens (including phenoxy) is 1. The molecule has 5 nitrogen and oxygen atoms in total. The van der Waals surface area contributed by atoms with Crippen LogP contribution in [0.4, 0.5) is 10.5 Å². The standard InChI is InChI=1S/C19H28N2O3/c1-14(2)17(22)15-6-8-16(9-7-15)20-18(23)21-12-5-10-19(3,24-4)11-13-21/h6-9,14H,5,10-13H2,1-4H3,(H,20,23)/t19-/m1/s1. The first-order valence-electron chi connectivity index (χ1n) is 8.60. The molecule has 0 unspecified atom stereocenters. The fourth-order valence-corrected chi connectivity index (χ4v) is 2.91. The molecule has 1 aliphatic rings. The van der Waals surface area contributed by atoms with Gasteiger partial charge in [-0.15, -0.1) is 0 Å². The Labute approximate surface area is 144 Å². The summed E-state index contributed by atoms with van der Waals surface area (Å²) in [5.74, 6) is 0.0804. The number of carbonyl (C=O) groups excluding carboxylic acids is 2. The van der Waals surface area contributed by atoms with Crippen molar-refractivity contribution in [1.29, 1.82) is 0 Å². The van der Waals surface area contributed by atoms with Crippen molar-refractivity contribution < 1.29 is 14.3 Å². The molecule has 0 saturated carbocycles. The number of nitrogens with zero attached hydrogens (tertiary/aromatic N) is 1. The summed E-state index contributed by atoms with van der Waals surface area (Å²) < 4.78 is 5.57. The molecule has 0 spiro atoms. The van der Waals surface area contributed by atoms with E-state index in [0.29, 0.717) is 17.8 Å². The highest BCUT2D eigenvalue weighted by molar-refractivity contribution is 5.98. The topological polar surface area (TPSA) is 58.6 Å². The number of benzene rings is 1. The number of nitrogens with one attached hydrogen (secondary N) is 1. The maximum absolute atomic E-state index is 12.5. The van der Waals surface area contributed by atoms with Gasteiger partial charge in [0.1, 0.15) is 0 Å². The molecule has 24 heavy (non-hydrogen) atoms. The maximum atomic E-state index is 12.5. The van der Waals surface area contributed by atoms with Gasteiger partial charge in [-0.1, -0.05) is 13.8 Å². The molecule has 0 aliphatic carbocycles. The molecular formula is C19H28N2O3. The Bertz CT molecular complexity index is 583. The van der Waals surface area contributed by atoms with Crippen LogP contribution < -0.4 is 5.32 Å². The molecular weight excluding hydrogens is 304 g/mol. The number of ketones is 1. The van der Waals surface area contributed by atoms with Crippen molar-refractivity contribution in [3.05, 3.63) is 29.8 Å². The summed E-state index contributed by atoms with van der Waals surface area (Å²) in [5.41, 5.74) is 1.24. The first-order valence-corrected chi connectivity index (χ1v) is 8.60. The van der Waals surface area contributed by atoms with E-state index in [0.717, 1.165) is 25.8 Å². The van der Waals surface area contributed by atoms with Crippen LogP contribution in [0.15, 0.2) is 24.3 Å². The van der Waals surface area contributed by atoms with E-state index in [1.54, 1.807) is 31.4 Å². The van der Waals surface area contributed by atoms with Crippen molar-refractivity contribution in [2.75, 3.05) is 25.5 Å². The monoisotopic (exact) mass is 332 g/mol. The maximum Gasteiger partial charge on any atom is 0.321 e. The molecule has 1 saturated heterocycles. The number of rotatable bonds is 4. The van der Waals surface area contributed by atoms with Crippen LogP contribution in [0.5, 0.6) is 0 Å². The molecule has 2 rings (SSSR count). The van der Waals surface area contributed by atoms with E-state index in [1.807, 2.05) is 18.7 Å². The molecule has 1 aromatic rings. The average molecular weight is 332 g/mol. The number of hydrogen-bond acceptors (Lipinski definition) is 3. The van der Waals surface area contributed by atoms with Gasteiger partial charge in [-0.25, -0.2) is 4.79 Å². The van der Waals surface area contributed by atoms with E-state index in [4.69, 9.17) is 4.74 Å². The average Bonchev–Trinajstić information content (AvgIpc) is 2.77. The Balaban J connectivity index is 1.96. The van der Waals surface area contributed by atoms with E-state index in [9.17, 15) is 9.59 Å². The predicted octanol–water partition coefficient (Wildman–Crippen LogP) is 3.95. The number of likely N-dealkylation sites (tertiary alicyclic amines) is 1. The lowest BCUT2D eigenvalue weighted by Crippen LogP contribution is -2.37. The highest BCUT2D eigenvalue weighted by Gasteiger charge is 2.29. The van der Waals surface area contributed by atoms with Crippen molar-refractivity contribution in [2.24, 2.45) is 5.92 Å². The van der Waals surface area contributed by atoms with Crippen LogP contribution in [0, 0.1) is 5.92 Å². The SMILES string of the molecule is CO[C@]1(C)CCCN(C(=O)Nc2ccc(C(=O)C(C)C)cc2)CC1. The van der Waals surface area contributed by atoms with Gasteiger partial charge in [0, 0.05) is 37.4 Å². The van der Waals surface area contributed by atoms with Gasteiger partial charge < -0.3 is 15.0 Å². The summed E-state index contributed by atoms with van der Waals surface area (Å²) in [5, 5.41) is 2.92. The van der Waals surface area contributed by atoms with Crippen molar-refractivity contribution in [2.45, 2.75) is 45.6 Å². The summed E-state index contributed by atoms with van der Waals surface area (Å²) in [6, 6.07) is 7.00. The van der Waals surface area contributed by atoms with E-state index in [-0.39, 0.29) is 23.3 Å². The number of urea groups is 1. The van der Waals surface area contributed by atoms with Crippen LogP contribution in [0.1, 0.15) is 50.4 Å². The lowest BCUT2D eigenvalue weighted by molar-refractivity contribution is -0.00492. The van der Waals surface area contributed by atoms with E-state index in [1.165, 1.54) is 0 Å². The Kier molecular flexibility index (Phi) is 5.99. The zero-order valence-corrected chi connectivity index (χ0v) is 15.1. The van der Waals surface area contributed by atoms with E-state index in [2.05, 4.69) is 12.2 Å². The molecule has 1 heterocycles. The summed E-state index contributed by atoms with van der Waals surface area (Å²) in [6.45, 7) is 7.27. The van der Waals surface area contributed by atoms with Gasteiger partial charge in [0.2, 0.25) is 0 Å². The Morgan fingerprint density at radius 1 is 1.17 bits per heavy atom. The van der Waals surface area contributed by atoms with Gasteiger partial charge in [0.15, 0.2) is 5.78 Å². The van der Waals surface area contributed by atoms with Crippen LogP contribution in [0.3, 0.4) is 0 Å². The van der Waals surface area contributed by atoms with Crippen LogP contribution in [0.25, 0.3) is 0 Å². The van der Waals surface area contributed by atoms with Gasteiger partial charge in [-0.05, 0) is 50.5 Å². The second-order valence-electron chi connectivity index (χ2n) is 7.02. The molecule has 0 radical (unpaired) electrons. The zero-order valence-electron chi connectivity index (χ0n) is 15.1. The number of anilines is 1. The fraction of sp³-hybridized carbons (Fsp3) is 0.579. The summed E-state index contributed by atoms with van der Waals surface area (Å²) >= 11 is 0. The van der Waals surface area contributed by atoms with Gasteiger partial charge in [0.25, 0.3) is 0 Å². The summed E-state index contributed by atoms with van der Waals surface area (Å²) in [7, 11) is 1.73. The predicted molar refractivity (Wildman–Crippen MR) is 95.5 cm³/mol. The normalized spacial score (nSPS) is 21.5. The number of carbonyl (C=O) groups is 2. The lowest BCUT2D eigenvalue weighted by Gasteiger charge is -2.26. The third kappa shape index (κ3) is 4.57. The number of Topliss-reactive ketones (excluding diaryl/α,β-unsaturated/α-hetero) is 1. The number of methoxy groups -OCH3 is 1.